The Morgan fingerprint density at radius 3 is 3.40 bits per heavy atom. The molecule has 0 aliphatic heterocycles. The lowest BCUT2D eigenvalue weighted by Gasteiger charge is -1.90. The number of nitrogens with zero attached hydrogens (tertiary/aromatic N) is 3. The van der Waals surface area contributed by atoms with Crippen molar-refractivity contribution in [2.75, 3.05) is 0 Å². The normalized spacial score (nSPS) is 16.1. The third-order valence-corrected chi connectivity index (χ3v) is 1.35. The molecule has 2 rings (SSSR count). The fraction of sp³-hybridized carbons (Fsp3) is 0. The average Bonchev–Trinajstić information content (AvgIpc) is 2.41. The second kappa shape index (κ2) is 2.05. The van der Waals surface area contributed by atoms with Gasteiger partial charge in [0.2, 0.25) is 0 Å². The van der Waals surface area contributed by atoms with E-state index in [1.165, 1.54) is 0 Å². The molecule has 0 aliphatic carbocycles. The van der Waals surface area contributed by atoms with Crippen LogP contribution in [0.3, 0.4) is 0 Å². The molecule has 0 aliphatic rings. The van der Waals surface area contributed by atoms with Crippen LogP contribution in [0.1, 0.15) is 5.48 Å². The predicted octanol–water partition coefficient (Wildman–Crippen LogP) is 1.49. The van der Waals surface area contributed by atoms with E-state index in [0.717, 1.165) is 4.40 Å². The van der Waals surface area contributed by atoms with Crippen molar-refractivity contribution in [2.45, 2.75) is 0 Å². The molecule has 0 fully saturated rings. The minimum Gasteiger partial charge on any atom is -0.303 e. The van der Waals surface area contributed by atoms with Crippen molar-refractivity contribution in [1.29, 1.82) is 0 Å². The Kier molecular flexibility index (Phi) is 0.617. The highest BCUT2D eigenvalue weighted by Crippen LogP contribution is 2.05. The lowest BCUT2D eigenvalue weighted by molar-refractivity contribution is 1.10. The molecule has 0 bridgehead atoms. The molecule has 0 saturated carbocycles. The predicted molar refractivity (Wildman–Crippen MR) is 40.7 cm³/mol. The Balaban J connectivity index is 3.03. The molecule has 0 N–H and O–H groups in total. The van der Waals surface area contributed by atoms with Gasteiger partial charge in [-0.15, -0.1) is 0 Å². The minimum absolute atomic E-state index is 0.0631. The first kappa shape index (κ1) is 3.00. The largest absolute Gasteiger partial charge is 0.303 e. The van der Waals surface area contributed by atoms with E-state index in [9.17, 15) is 0 Å². The first-order valence-corrected chi connectivity index (χ1v) is 3.30. The number of imidazole rings is 1. The van der Waals surface area contributed by atoms with Crippen molar-refractivity contribution in [3.63, 3.8) is 0 Å². The molecule has 4 heteroatoms. The number of aromatic nitrogens is 3. The quantitative estimate of drug-likeness (QED) is 0.647. The van der Waals surface area contributed by atoms with Gasteiger partial charge >= 0.3 is 0 Å². The van der Waals surface area contributed by atoms with Crippen LogP contribution in [0.25, 0.3) is 5.65 Å². The monoisotopic (exact) mass is 201 g/mol. The van der Waals surface area contributed by atoms with E-state index in [0.29, 0.717) is 0 Å². The molecule has 0 amide bonds. The van der Waals surface area contributed by atoms with Crippen molar-refractivity contribution in [1.82, 2.24) is 14.4 Å². The van der Waals surface area contributed by atoms with Crippen molar-refractivity contribution in [2.24, 2.45) is 0 Å². The smallest absolute Gasteiger partial charge is 0.155 e. The maximum atomic E-state index is 7.57. The van der Waals surface area contributed by atoms with Crippen LogP contribution in [0, 0.1) is 0 Å². The number of hydrogen-bond acceptors (Lipinski definition) is 2. The zero-order valence-corrected chi connectivity index (χ0v) is 6.31. The van der Waals surface area contributed by atoms with E-state index in [1.54, 1.807) is 0 Å². The Bertz CT molecular complexity index is 524. The van der Waals surface area contributed by atoms with Crippen LogP contribution in [0.15, 0.2) is 29.3 Å². The summed E-state index contributed by atoms with van der Waals surface area (Å²) in [5.74, 6) is 0. The molecule has 50 valence electrons. The summed E-state index contributed by atoms with van der Waals surface area (Å²) >= 11 is 3.00. The van der Waals surface area contributed by atoms with Gasteiger partial charge in [-0.25, -0.2) is 9.97 Å². The van der Waals surface area contributed by atoms with Gasteiger partial charge in [0.15, 0.2) is 5.65 Å². The van der Waals surface area contributed by atoms with Crippen LogP contribution in [-0.2, 0) is 0 Å². The Labute approximate surface area is 71.5 Å². The standard InChI is InChI=1S/C6H4BrN3/c7-5-4-10-2-1-8-6(10)3-9-5/h1-4H/i1D,2D,3D,4D. The average molecular weight is 202 g/mol. The number of halogens is 1. The summed E-state index contributed by atoms with van der Waals surface area (Å²) in [6.07, 6.45) is -0.694. The SMILES string of the molecule is [2H]c1nc2c([2H])nc(Br)c([2H])n2c1[2H]. The summed E-state index contributed by atoms with van der Waals surface area (Å²) in [6.45, 7) is 0. The van der Waals surface area contributed by atoms with Gasteiger partial charge in [0.1, 0.15) is 4.60 Å². The molecule has 0 spiro atoms. The second-order valence-electron chi connectivity index (χ2n) is 1.62. The Morgan fingerprint density at radius 2 is 2.50 bits per heavy atom. The van der Waals surface area contributed by atoms with Crippen molar-refractivity contribution in [3.05, 3.63) is 29.3 Å². The molecule has 2 aromatic rings. The minimum atomic E-state index is -0.257. The topological polar surface area (TPSA) is 30.2 Å². The van der Waals surface area contributed by atoms with Gasteiger partial charge in [0.25, 0.3) is 0 Å². The fourth-order valence-corrected chi connectivity index (χ4v) is 0.869. The Hall–Kier alpha value is -0.900. The maximum absolute atomic E-state index is 7.57. The first-order chi connectivity index (χ1) is 6.52. The van der Waals surface area contributed by atoms with E-state index in [2.05, 4.69) is 25.9 Å². The zero-order valence-electron chi connectivity index (χ0n) is 8.72. The first-order valence-electron chi connectivity index (χ1n) is 4.50. The third-order valence-electron chi connectivity index (χ3n) is 0.994. The van der Waals surface area contributed by atoms with Gasteiger partial charge in [-0.3, -0.25) is 0 Å². The van der Waals surface area contributed by atoms with E-state index >= 15 is 0 Å². The van der Waals surface area contributed by atoms with Crippen LogP contribution in [-0.4, -0.2) is 14.4 Å². The van der Waals surface area contributed by atoms with Gasteiger partial charge in [0, 0.05) is 18.5 Å². The van der Waals surface area contributed by atoms with Gasteiger partial charge < -0.3 is 4.40 Å². The molecule has 0 radical (unpaired) electrons. The van der Waals surface area contributed by atoms with Crippen LogP contribution >= 0.6 is 15.9 Å². The van der Waals surface area contributed by atoms with E-state index < -0.39 is 0 Å². The van der Waals surface area contributed by atoms with E-state index in [-0.39, 0.29) is 34.9 Å². The van der Waals surface area contributed by atoms with Crippen LogP contribution < -0.4 is 0 Å². The van der Waals surface area contributed by atoms with E-state index in [1.807, 2.05) is 0 Å². The highest BCUT2D eigenvalue weighted by Gasteiger charge is 1.92. The lowest BCUT2D eigenvalue weighted by atomic mass is 10.7. The van der Waals surface area contributed by atoms with Gasteiger partial charge in [0.05, 0.1) is 11.7 Å². The van der Waals surface area contributed by atoms with Crippen LogP contribution in [0.4, 0.5) is 0 Å². The molecule has 0 saturated heterocycles. The molecule has 0 unspecified atom stereocenters. The summed E-state index contributed by atoms with van der Waals surface area (Å²) in [5, 5.41) is 0. The Morgan fingerprint density at radius 1 is 1.60 bits per heavy atom. The molecular formula is C6H4BrN3. The summed E-state index contributed by atoms with van der Waals surface area (Å²) in [6, 6.07) is 0. The molecule has 10 heavy (non-hydrogen) atoms. The van der Waals surface area contributed by atoms with Crippen LogP contribution in [0.2, 0.25) is 0 Å². The highest BCUT2D eigenvalue weighted by molar-refractivity contribution is 9.10. The summed E-state index contributed by atoms with van der Waals surface area (Å²) in [7, 11) is 0. The molecule has 0 aromatic carbocycles. The van der Waals surface area contributed by atoms with E-state index in [4.69, 9.17) is 5.48 Å². The number of hydrogen-bond donors (Lipinski definition) is 0. The molecule has 2 heterocycles. The lowest BCUT2D eigenvalue weighted by Crippen LogP contribution is -1.84. The van der Waals surface area contributed by atoms with Crippen molar-refractivity contribution < 1.29 is 5.48 Å². The zero-order chi connectivity index (χ0) is 10.5. The number of rotatable bonds is 0. The number of fused-ring (bicyclic) bond motifs is 1. The summed E-state index contributed by atoms with van der Waals surface area (Å²) < 4.78 is 31.0. The van der Waals surface area contributed by atoms with Crippen molar-refractivity contribution >= 4 is 21.6 Å². The highest BCUT2D eigenvalue weighted by atomic mass is 79.9. The second-order valence-corrected chi connectivity index (χ2v) is 2.37. The van der Waals surface area contributed by atoms with Crippen molar-refractivity contribution in [3.8, 4) is 0 Å². The molecular weight excluding hydrogens is 194 g/mol. The summed E-state index contributed by atoms with van der Waals surface area (Å²) in [5.41, 5.74) is 0.0631. The maximum Gasteiger partial charge on any atom is 0.155 e. The molecule has 0 atom stereocenters. The van der Waals surface area contributed by atoms with Crippen LogP contribution in [0.5, 0.6) is 0 Å². The fourth-order valence-electron chi connectivity index (χ4n) is 0.603. The molecule has 2 aromatic heterocycles. The third kappa shape index (κ3) is 0.806. The van der Waals surface area contributed by atoms with Gasteiger partial charge in [-0.2, -0.15) is 0 Å². The summed E-state index contributed by atoms with van der Waals surface area (Å²) in [4.78, 5) is 7.37. The molecule has 3 nitrogen and oxygen atoms in total. The van der Waals surface area contributed by atoms with Gasteiger partial charge in [-0.1, -0.05) is 0 Å². The van der Waals surface area contributed by atoms with Gasteiger partial charge in [-0.05, 0) is 15.9 Å².